The second kappa shape index (κ2) is 12.8. The fourth-order valence-corrected chi connectivity index (χ4v) is 2.62. The van der Waals surface area contributed by atoms with Crippen molar-refractivity contribution in [3.63, 3.8) is 0 Å². The minimum atomic E-state index is -0.339. The number of hydrogen-bond donors (Lipinski definition) is 3. The molecule has 1 unspecified atom stereocenters. The summed E-state index contributed by atoms with van der Waals surface area (Å²) in [6, 6.07) is 5.99. The van der Waals surface area contributed by atoms with E-state index in [1.54, 1.807) is 0 Å². The number of guanidine groups is 1. The molecule has 0 spiro atoms. The average Bonchev–Trinajstić information content (AvgIpc) is 2.66. The van der Waals surface area contributed by atoms with E-state index in [4.69, 9.17) is 4.74 Å². The molecule has 1 aromatic rings. The number of benzene rings is 1. The van der Waals surface area contributed by atoms with E-state index in [2.05, 4.69) is 32.8 Å². The van der Waals surface area contributed by atoms with Gasteiger partial charge in [0.25, 0.3) is 0 Å². The molecule has 1 aliphatic rings. The number of nitrogens with one attached hydrogen (secondary N) is 3. The van der Waals surface area contributed by atoms with Crippen LogP contribution in [0.5, 0.6) is 0 Å². The smallest absolute Gasteiger partial charge is 0.246 e. The van der Waals surface area contributed by atoms with E-state index < -0.39 is 0 Å². The second-order valence-corrected chi connectivity index (χ2v) is 6.13. The van der Waals surface area contributed by atoms with Crippen molar-refractivity contribution in [3.05, 3.63) is 30.1 Å². The third-order valence-electron chi connectivity index (χ3n) is 4.09. The van der Waals surface area contributed by atoms with Gasteiger partial charge >= 0.3 is 0 Å². The van der Waals surface area contributed by atoms with Crippen molar-refractivity contribution in [1.29, 1.82) is 0 Å². The number of aliphatic imine (C=N–C) groups is 1. The summed E-state index contributed by atoms with van der Waals surface area (Å²) >= 11 is 0. The molecular weight excluding hydrogens is 464 g/mol. The third kappa shape index (κ3) is 8.85. The van der Waals surface area contributed by atoms with Crippen LogP contribution in [0.15, 0.2) is 29.3 Å². The van der Waals surface area contributed by atoms with Crippen LogP contribution in [0.3, 0.4) is 0 Å². The highest BCUT2D eigenvalue weighted by Gasteiger charge is 2.17. The lowest BCUT2D eigenvalue weighted by atomic mass is 10.2. The van der Waals surface area contributed by atoms with Crippen LogP contribution in [-0.4, -0.2) is 68.7 Å². The highest BCUT2D eigenvalue weighted by atomic mass is 127. The van der Waals surface area contributed by atoms with Gasteiger partial charge in [0.2, 0.25) is 5.91 Å². The molecule has 9 heteroatoms. The van der Waals surface area contributed by atoms with Crippen molar-refractivity contribution in [1.82, 2.24) is 15.5 Å². The van der Waals surface area contributed by atoms with Crippen LogP contribution in [-0.2, 0) is 9.53 Å². The first-order valence-corrected chi connectivity index (χ1v) is 8.98. The minimum Gasteiger partial charge on any atom is -0.379 e. The third-order valence-corrected chi connectivity index (χ3v) is 4.09. The van der Waals surface area contributed by atoms with E-state index in [0.717, 1.165) is 32.8 Å². The topological polar surface area (TPSA) is 78.0 Å². The fraction of sp³-hybridized carbons (Fsp3) is 0.556. The molecule has 1 aromatic carbocycles. The zero-order valence-electron chi connectivity index (χ0n) is 15.8. The molecule has 1 aliphatic heterocycles. The Morgan fingerprint density at radius 1 is 1.26 bits per heavy atom. The molecule has 1 fully saturated rings. The van der Waals surface area contributed by atoms with E-state index in [9.17, 15) is 9.18 Å². The molecule has 0 radical (unpaired) electrons. The van der Waals surface area contributed by atoms with Crippen molar-refractivity contribution in [3.8, 4) is 0 Å². The van der Waals surface area contributed by atoms with Gasteiger partial charge in [0.15, 0.2) is 5.96 Å². The summed E-state index contributed by atoms with van der Waals surface area (Å²) in [6.45, 7) is 8.93. The first-order chi connectivity index (χ1) is 12.6. The van der Waals surface area contributed by atoms with Gasteiger partial charge in [-0.05, 0) is 38.1 Å². The maximum Gasteiger partial charge on any atom is 0.246 e. The summed E-state index contributed by atoms with van der Waals surface area (Å²) in [4.78, 5) is 18.7. The lowest BCUT2D eigenvalue weighted by Crippen LogP contribution is -2.49. The number of carbonyl (C=O) groups excluding carboxylic acids is 1. The largest absolute Gasteiger partial charge is 0.379 e. The Labute approximate surface area is 177 Å². The molecule has 2 rings (SSSR count). The summed E-state index contributed by atoms with van der Waals surface area (Å²) in [5.41, 5.74) is 0.547. The van der Waals surface area contributed by atoms with Gasteiger partial charge in [-0.25, -0.2) is 9.38 Å². The van der Waals surface area contributed by atoms with E-state index >= 15 is 0 Å². The zero-order valence-corrected chi connectivity index (χ0v) is 18.2. The first kappa shape index (κ1) is 23.6. The molecule has 0 aromatic heterocycles. The molecule has 3 N–H and O–H groups in total. The van der Waals surface area contributed by atoms with Crippen LogP contribution in [0, 0.1) is 5.82 Å². The van der Waals surface area contributed by atoms with Crippen LogP contribution in [0.4, 0.5) is 10.1 Å². The van der Waals surface area contributed by atoms with Crippen molar-refractivity contribution < 1.29 is 13.9 Å². The first-order valence-electron chi connectivity index (χ1n) is 8.98. The average molecular weight is 493 g/mol. The van der Waals surface area contributed by atoms with Gasteiger partial charge < -0.3 is 20.7 Å². The Morgan fingerprint density at radius 2 is 1.93 bits per heavy atom. The number of hydrogen-bond acceptors (Lipinski definition) is 4. The number of nitrogens with zero attached hydrogens (tertiary/aromatic N) is 2. The molecule has 1 saturated heterocycles. The molecule has 1 heterocycles. The van der Waals surface area contributed by atoms with E-state index in [1.807, 2.05) is 6.92 Å². The van der Waals surface area contributed by atoms with Gasteiger partial charge in [0, 0.05) is 37.9 Å². The number of morpholine rings is 1. The molecule has 0 aliphatic carbocycles. The Hall–Kier alpha value is -1.46. The molecule has 27 heavy (non-hydrogen) atoms. The Morgan fingerprint density at radius 3 is 2.56 bits per heavy atom. The standard InChI is InChI=1S/C18H28FN5O2.HI/c1-3-20-18(21-12-14(2)24-8-10-26-11-9-24)22-13-17(25)23-16-6-4-15(19)5-7-16;/h4-7,14H,3,8-13H2,1-2H3,(H,23,25)(H2,20,21,22);1H. The van der Waals surface area contributed by atoms with Gasteiger partial charge in [-0.15, -0.1) is 24.0 Å². The molecule has 1 atom stereocenters. The van der Waals surface area contributed by atoms with Crippen LogP contribution in [0.1, 0.15) is 13.8 Å². The molecule has 152 valence electrons. The van der Waals surface area contributed by atoms with Crippen molar-refractivity contribution in [2.75, 3.05) is 51.3 Å². The van der Waals surface area contributed by atoms with Gasteiger partial charge in [0.05, 0.1) is 13.2 Å². The van der Waals surface area contributed by atoms with Crippen LogP contribution in [0.25, 0.3) is 0 Å². The van der Waals surface area contributed by atoms with Crippen LogP contribution in [0.2, 0.25) is 0 Å². The van der Waals surface area contributed by atoms with E-state index in [-0.39, 0.29) is 42.2 Å². The number of rotatable bonds is 7. The predicted octanol–water partition coefficient (Wildman–Crippen LogP) is 1.66. The summed E-state index contributed by atoms with van der Waals surface area (Å²) in [6.07, 6.45) is 0. The maximum atomic E-state index is 12.9. The molecule has 1 amide bonds. The minimum absolute atomic E-state index is 0. The fourth-order valence-electron chi connectivity index (χ4n) is 2.62. The number of halogens is 2. The summed E-state index contributed by atoms with van der Waals surface area (Å²) in [5, 5.41) is 9.10. The van der Waals surface area contributed by atoms with Crippen LogP contribution < -0.4 is 16.0 Å². The Balaban J connectivity index is 0.00000364. The summed E-state index contributed by atoms with van der Waals surface area (Å²) in [7, 11) is 0. The predicted molar refractivity (Wildman–Crippen MR) is 116 cm³/mol. The number of carbonyl (C=O) groups is 1. The van der Waals surface area contributed by atoms with Gasteiger partial charge in [-0.1, -0.05) is 0 Å². The number of amides is 1. The Kier molecular flexibility index (Phi) is 11.2. The zero-order chi connectivity index (χ0) is 18.8. The normalized spacial score (nSPS) is 16.2. The SMILES string of the molecule is CCNC(=NCC(=O)Nc1ccc(F)cc1)NCC(C)N1CCOCC1.I. The van der Waals surface area contributed by atoms with Gasteiger partial charge in [0.1, 0.15) is 12.4 Å². The quantitative estimate of drug-likeness (QED) is 0.306. The lowest BCUT2D eigenvalue weighted by Gasteiger charge is -2.32. The van der Waals surface area contributed by atoms with Crippen molar-refractivity contribution >= 4 is 41.5 Å². The molecular formula is C18H29FIN5O2. The van der Waals surface area contributed by atoms with Gasteiger partial charge in [-0.3, -0.25) is 9.69 Å². The Bertz CT molecular complexity index is 594. The highest BCUT2D eigenvalue weighted by molar-refractivity contribution is 14.0. The molecule has 7 nitrogen and oxygen atoms in total. The van der Waals surface area contributed by atoms with Crippen LogP contribution >= 0.6 is 24.0 Å². The number of ether oxygens (including phenoxy) is 1. The maximum absolute atomic E-state index is 12.9. The summed E-state index contributed by atoms with van der Waals surface area (Å²) < 4.78 is 18.3. The monoisotopic (exact) mass is 493 g/mol. The molecule has 0 saturated carbocycles. The van der Waals surface area contributed by atoms with Gasteiger partial charge in [-0.2, -0.15) is 0 Å². The van der Waals surface area contributed by atoms with E-state index in [1.165, 1.54) is 24.3 Å². The lowest BCUT2D eigenvalue weighted by molar-refractivity contribution is -0.114. The van der Waals surface area contributed by atoms with Crippen molar-refractivity contribution in [2.24, 2.45) is 4.99 Å². The van der Waals surface area contributed by atoms with Crippen molar-refractivity contribution in [2.45, 2.75) is 19.9 Å². The van der Waals surface area contributed by atoms with E-state index in [0.29, 0.717) is 24.2 Å². The summed E-state index contributed by atoms with van der Waals surface area (Å²) in [5.74, 6) is 0.00550. The second-order valence-electron chi connectivity index (χ2n) is 6.13. The molecule has 0 bridgehead atoms. The highest BCUT2D eigenvalue weighted by Crippen LogP contribution is 2.07. The number of anilines is 1.